The van der Waals surface area contributed by atoms with Crippen molar-refractivity contribution in [2.75, 3.05) is 12.8 Å². The molecule has 0 saturated heterocycles. The van der Waals surface area contributed by atoms with Gasteiger partial charge in [-0.05, 0) is 24.3 Å². The minimum Gasteiger partial charge on any atom is -0.494 e. The maximum Gasteiger partial charge on any atom is 0.144 e. The van der Waals surface area contributed by atoms with Gasteiger partial charge in [0.1, 0.15) is 11.4 Å². The molecule has 0 saturated carbocycles. The highest BCUT2D eigenvalue weighted by atomic mass is 16.5. The second-order valence-electron chi connectivity index (χ2n) is 4.01. The largest absolute Gasteiger partial charge is 0.494 e. The maximum absolute atomic E-state index is 5.93. The molecule has 18 heavy (non-hydrogen) atoms. The van der Waals surface area contributed by atoms with Crippen LogP contribution < -0.4 is 10.5 Å². The van der Waals surface area contributed by atoms with Crippen molar-refractivity contribution in [3.8, 4) is 11.4 Å². The van der Waals surface area contributed by atoms with E-state index in [0.29, 0.717) is 0 Å². The third-order valence-corrected chi connectivity index (χ3v) is 2.96. The summed E-state index contributed by atoms with van der Waals surface area (Å²) in [6.45, 7) is 0. The summed E-state index contributed by atoms with van der Waals surface area (Å²) in [5, 5.41) is 5.34. The minimum absolute atomic E-state index is 0.730. The molecule has 2 N–H and O–H groups in total. The Labute approximate surface area is 105 Å². The summed E-state index contributed by atoms with van der Waals surface area (Å²) in [6.07, 6.45) is 1.77. The van der Waals surface area contributed by atoms with E-state index < -0.39 is 0 Å². The monoisotopic (exact) mass is 239 g/mol. The van der Waals surface area contributed by atoms with Crippen molar-refractivity contribution in [3.63, 3.8) is 0 Å². The van der Waals surface area contributed by atoms with Crippen molar-refractivity contribution >= 4 is 16.6 Å². The number of nitrogens with two attached hydrogens (primary N) is 1. The van der Waals surface area contributed by atoms with Crippen molar-refractivity contribution in [1.29, 1.82) is 0 Å². The van der Waals surface area contributed by atoms with Crippen LogP contribution in [0.3, 0.4) is 0 Å². The second kappa shape index (κ2) is 4.07. The molecule has 4 heteroatoms. The molecule has 1 aromatic heterocycles. The number of hydrogen-bond donors (Lipinski definition) is 1. The number of benzene rings is 2. The number of rotatable bonds is 2. The molecule has 0 atom stereocenters. The van der Waals surface area contributed by atoms with Crippen molar-refractivity contribution < 1.29 is 4.74 Å². The average molecular weight is 239 g/mol. The van der Waals surface area contributed by atoms with Crippen LogP contribution in [0, 0.1) is 0 Å². The fraction of sp³-hybridized carbons (Fsp3) is 0.0714. The molecule has 3 aromatic rings. The van der Waals surface area contributed by atoms with Crippen LogP contribution >= 0.6 is 0 Å². The van der Waals surface area contributed by atoms with E-state index in [-0.39, 0.29) is 0 Å². The van der Waals surface area contributed by atoms with E-state index >= 15 is 0 Å². The summed E-state index contributed by atoms with van der Waals surface area (Å²) in [7, 11) is 1.65. The van der Waals surface area contributed by atoms with Gasteiger partial charge in [-0.25, -0.2) is 4.68 Å². The molecule has 0 radical (unpaired) electrons. The number of para-hydroxylation sites is 2. The van der Waals surface area contributed by atoms with Crippen molar-refractivity contribution in [2.45, 2.75) is 0 Å². The Morgan fingerprint density at radius 1 is 1.11 bits per heavy atom. The van der Waals surface area contributed by atoms with E-state index in [1.807, 2.05) is 47.1 Å². The molecule has 1 heterocycles. The van der Waals surface area contributed by atoms with Gasteiger partial charge in [-0.3, -0.25) is 0 Å². The highest BCUT2D eigenvalue weighted by molar-refractivity contribution is 5.91. The van der Waals surface area contributed by atoms with Gasteiger partial charge in [-0.15, -0.1) is 0 Å². The molecular weight excluding hydrogens is 226 g/mol. The molecular formula is C14H13N3O. The summed E-state index contributed by atoms with van der Waals surface area (Å²) >= 11 is 0. The first kappa shape index (κ1) is 10.7. The number of aromatic nitrogens is 2. The summed E-state index contributed by atoms with van der Waals surface area (Å²) < 4.78 is 7.19. The maximum atomic E-state index is 5.93. The van der Waals surface area contributed by atoms with Gasteiger partial charge in [0.25, 0.3) is 0 Å². The van der Waals surface area contributed by atoms with Gasteiger partial charge in [0.05, 0.1) is 18.8 Å². The first-order valence-electron chi connectivity index (χ1n) is 5.67. The van der Waals surface area contributed by atoms with Gasteiger partial charge < -0.3 is 10.5 Å². The quantitative estimate of drug-likeness (QED) is 0.699. The molecule has 0 amide bonds. The van der Waals surface area contributed by atoms with Crippen molar-refractivity contribution in [1.82, 2.24) is 9.78 Å². The van der Waals surface area contributed by atoms with Crippen LogP contribution in [0.1, 0.15) is 0 Å². The van der Waals surface area contributed by atoms with Gasteiger partial charge in [0, 0.05) is 11.1 Å². The van der Waals surface area contributed by atoms with E-state index in [9.17, 15) is 0 Å². The number of hydrogen-bond acceptors (Lipinski definition) is 3. The lowest BCUT2D eigenvalue weighted by atomic mass is 10.2. The summed E-state index contributed by atoms with van der Waals surface area (Å²) in [5.41, 5.74) is 8.54. The first-order chi connectivity index (χ1) is 8.81. The molecule has 0 aliphatic rings. The Hall–Kier alpha value is -2.49. The normalized spacial score (nSPS) is 10.7. The predicted octanol–water partition coefficient (Wildman–Crippen LogP) is 2.62. The third-order valence-electron chi connectivity index (χ3n) is 2.96. The molecule has 90 valence electrons. The van der Waals surface area contributed by atoms with E-state index in [1.165, 1.54) is 0 Å². The summed E-state index contributed by atoms with van der Waals surface area (Å²) in [4.78, 5) is 0. The Balaban J connectivity index is 2.29. The Bertz CT molecular complexity index is 703. The van der Waals surface area contributed by atoms with Crippen molar-refractivity contribution in [2.24, 2.45) is 0 Å². The lowest BCUT2D eigenvalue weighted by Crippen LogP contribution is -1.99. The fourth-order valence-corrected chi connectivity index (χ4v) is 2.07. The van der Waals surface area contributed by atoms with Gasteiger partial charge in [-0.1, -0.05) is 18.2 Å². The number of ether oxygens (including phenoxy) is 1. The number of fused-ring (bicyclic) bond motifs is 1. The van der Waals surface area contributed by atoms with Crippen LogP contribution in [0.2, 0.25) is 0 Å². The minimum atomic E-state index is 0.730. The van der Waals surface area contributed by atoms with Crippen LogP contribution in [-0.4, -0.2) is 16.9 Å². The lowest BCUT2D eigenvalue weighted by molar-refractivity contribution is 0.412. The number of anilines is 1. The molecule has 0 unspecified atom stereocenters. The highest BCUT2D eigenvalue weighted by Gasteiger charge is 2.10. The van der Waals surface area contributed by atoms with E-state index in [1.54, 1.807) is 13.3 Å². The van der Waals surface area contributed by atoms with Gasteiger partial charge in [0.2, 0.25) is 0 Å². The Kier molecular flexibility index (Phi) is 2.41. The SMILES string of the molecule is COc1ccccc1-n1ncc2c(N)cccc21. The first-order valence-corrected chi connectivity index (χ1v) is 5.67. The molecule has 2 aromatic carbocycles. The molecule has 0 spiro atoms. The Morgan fingerprint density at radius 3 is 2.78 bits per heavy atom. The second-order valence-corrected chi connectivity index (χ2v) is 4.01. The zero-order chi connectivity index (χ0) is 12.5. The third kappa shape index (κ3) is 1.50. The standard InChI is InChI=1S/C14H13N3O/c1-18-14-8-3-2-6-13(14)17-12-7-4-5-11(15)10(12)9-16-17/h2-9H,15H2,1H3. The van der Waals surface area contributed by atoms with Crippen LogP contribution in [0.4, 0.5) is 5.69 Å². The van der Waals surface area contributed by atoms with Crippen molar-refractivity contribution in [3.05, 3.63) is 48.7 Å². The molecule has 0 aliphatic carbocycles. The molecule has 0 aliphatic heterocycles. The zero-order valence-corrected chi connectivity index (χ0v) is 10.00. The topological polar surface area (TPSA) is 53.1 Å². The van der Waals surface area contributed by atoms with Crippen LogP contribution in [-0.2, 0) is 0 Å². The molecule has 3 rings (SSSR count). The molecule has 4 nitrogen and oxygen atoms in total. The fourth-order valence-electron chi connectivity index (χ4n) is 2.07. The molecule has 0 bridgehead atoms. The predicted molar refractivity (Wildman–Crippen MR) is 72.0 cm³/mol. The average Bonchev–Trinajstić information content (AvgIpc) is 2.84. The summed E-state index contributed by atoms with van der Waals surface area (Å²) in [6, 6.07) is 13.6. The highest BCUT2D eigenvalue weighted by Crippen LogP contribution is 2.27. The zero-order valence-electron chi connectivity index (χ0n) is 10.00. The number of nitrogens with zero attached hydrogens (tertiary/aromatic N) is 2. The summed E-state index contributed by atoms with van der Waals surface area (Å²) in [5.74, 6) is 0.782. The van der Waals surface area contributed by atoms with Crippen LogP contribution in [0.5, 0.6) is 5.75 Å². The number of nitrogen functional groups attached to an aromatic ring is 1. The van der Waals surface area contributed by atoms with E-state index in [4.69, 9.17) is 10.5 Å². The van der Waals surface area contributed by atoms with E-state index in [0.717, 1.165) is 28.0 Å². The van der Waals surface area contributed by atoms with Gasteiger partial charge in [0.15, 0.2) is 0 Å². The van der Waals surface area contributed by atoms with Crippen LogP contribution in [0.25, 0.3) is 16.6 Å². The Morgan fingerprint density at radius 2 is 1.94 bits per heavy atom. The van der Waals surface area contributed by atoms with Crippen LogP contribution in [0.15, 0.2) is 48.7 Å². The molecule has 0 fully saturated rings. The number of methoxy groups -OCH3 is 1. The van der Waals surface area contributed by atoms with Gasteiger partial charge in [-0.2, -0.15) is 5.10 Å². The van der Waals surface area contributed by atoms with Gasteiger partial charge >= 0.3 is 0 Å². The smallest absolute Gasteiger partial charge is 0.144 e. The lowest BCUT2D eigenvalue weighted by Gasteiger charge is -2.09. The van der Waals surface area contributed by atoms with E-state index in [2.05, 4.69) is 5.10 Å².